The Morgan fingerprint density at radius 3 is 2.60 bits per heavy atom. The molecule has 0 bridgehead atoms. The summed E-state index contributed by atoms with van der Waals surface area (Å²) in [6.07, 6.45) is 1.46. The zero-order chi connectivity index (χ0) is 14.5. The summed E-state index contributed by atoms with van der Waals surface area (Å²) < 4.78 is 5.21. The summed E-state index contributed by atoms with van der Waals surface area (Å²) in [6.45, 7) is 0. The van der Waals surface area contributed by atoms with Crippen LogP contribution in [-0.2, 0) is 12.8 Å². The highest BCUT2D eigenvalue weighted by atomic mass is 35.5. The van der Waals surface area contributed by atoms with Gasteiger partial charge in [-0.05, 0) is 42.2 Å². The van der Waals surface area contributed by atoms with Crippen LogP contribution in [0.25, 0.3) is 0 Å². The normalized spacial score (nSPS) is 12.2. The zero-order valence-corrected chi connectivity index (χ0v) is 12.8. The standard InChI is InChI=1S/C16H17Cl2NO/c1-20-14-6-2-4-11(9-14)8-13(19)10-12-5-3-7-15(17)16(12)18/h2-7,9,13H,8,10,19H2,1H3. The van der Waals surface area contributed by atoms with Crippen LogP contribution in [0, 0.1) is 0 Å². The molecule has 0 radical (unpaired) electrons. The predicted octanol–water partition coefficient (Wildman–Crippen LogP) is 4.11. The van der Waals surface area contributed by atoms with Gasteiger partial charge >= 0.3 is 0 Å². The lowest BCUT2D eigenvalue weighted by Crippen LogP contribution is -2.25. The number of nitrogens with two attached hydrogens (primary N) is 1. The molecule has 0 saturated carbocycles. The molecule has 2 rings (SSSR count). The summed E-state index contributed by atoms with van der Waals surface area (Å²) in [5.41, 5.74) is 8.33. The average molecular weight is 310 g/mol. The van der Waals surface area contributed by atoms with Crippen molar-refractivity contribution in [1.82, 2.24) is 0 Å². The summed E-state index contributed by atoms with van der Waals surface area (Å²) in [4.78, 5) is 0. The highest BCUT2D eigenvalue weighted by Crippen LogP contribution is 2.26. The van der Waals surface area contributed by atoms with Gasteiger partial charge in [0.15, 0.2) is 0 Å². The smallest absolute Gasteiger partial charge is 0.119 e. The van der Waals surface area contributed by atoms with Crippen molar-refractivity contribution >= 4 is 23.2 Å². The lowest BCUT2D eigenvalue weighted by atomic mass is 9.99. The van der Waals surface area contributed by atoms with Crippen LogP contribution >= 0.6 is 23.2 Å². The molecule has 4 heteroatoms. The Morgan fingerprint density at radius 2 is 1.85 bits per heavy atom. The SMILES string of the molecule is COc1cccc(CC(N)Cc2cccc(Cl)c2Cl)c1. The van der Waals surface area contributed by atoms with Crippen molar-refractivity contribution in [2.75, 3.05) is 7.11 Å². The molecule has 0 aromatic heterocycles. The van der Waals surface area contributed by atoms with Crippen molar-refractivity contribution < 1.29 is 4.74 Å². The quantitative estimate of drug-likeness (QED) is 0.902. The van der Waals surface area contributed by atoms with Crippen molar-refractivity contribution in [3.8, 4) is 5.75 Å². The van der Waals surface area contributed by atoms with E-state index in [2.05, 4.69) is 0 Å². The van der Waals surface area contributed by atoms with E-state index in [1.165, 1.54) is 0 Å². The molecule has 0 saturated heterocycles. The maximum atomic E-state index is 6.21. The molecule has 1 unspecified atom stereocenters. The van der Waals surface area contributed by atoms with Gasteiger partial charge in [0.2, 0.25) is 0 Å². The van der Waals surface area contributed by atoms with Crippen molar-refractivity contribution in [2.24, 2.45) is 5.73 Å². The summed E-state index contributed by atoms with van der Waals surface area (Å²) in [6, 6.07) is 13.5. The molecule has 20 heavy (non-hydrogen) atoms. The van der Waals surface area contributed by atoms with Gasteiger partial charge in [-0.25, -0.2) is 0 Å². The Kier molecular flexibility index (Phi) is 5.30. The van der Waals surface area contributed by atoms with Gasteiger partial charge in [-0.15, -0.1) is 0 Å². The molecule has 2 N–H and O–H groups in total. The molecule has 0 aliphatic heterocycles. The Hall–Kier alpha value is -1.22. The molecule has 0 aliphatic rings. The summed E-state index contributed by atoms with van der Waals surface area (Å²) >= 11 is 12.2. The van der Waals surface area contributed by atoms with Gasteiger partial charge in [0.1, 0.15) is 5.75 Å². The molecule has 0 aliphatic carbocycles. The minimum atomic E-state index is -0.0157. The van der Waals surface area contributed by atoms with Crippen molar-refractivity contribution in [1.29, 1.82) is 0 Å². The minimum Gasteiger partial charge on any atom is -0.497 e. The Labute approximate surface area is 129 Å². The summed E-state index contributed by atoms with van der Waals surface area (Å²) in [7, 11) is 1.66. The van der Waals surface area contributed by atoms with Gasteiger partial charge in [0.25, 0.3) is 0 Å². The Bertz CT molecular complexity index is 586. The van der Waals surface area contributed by atoms with E-state index in [1.54, 1.807) is 13.2 Å². The maximum Gasteiger partial charge on any atom is 0.119 e. The monoisotopic (exact) mass is 309 g/mol. The van der Waals surface area contributed by atoms with E-state index < -0.39 is 0 Å². The maximum absolute atomic E-state index is 6.21. The first-order chi connectivity index (χ1) is 9.60. The van der Waals surface area contributed by atoms with Gasteiger partial charge in [0.05, 0.1) is 17.2 Å². The fourth-order valence-electron chi connectivity index (χ4n) is 2.16. The molecule has 2 aromatic rings. The van der Waals surface area contributed by atoms with Crippen LogP contribution in [-0.4, -0.2) is 13.2 Å². The summed E-state index contributed by atoms with van der Waals surface area (Å²) in [5.74, 6) is 0.843. The average Bonchev–Trinajstić information content (AvgIpc) is 2.44. The van der Waals surface area contributed by atoms with Crippen LogP contribution in [0.1, 0.15) is 11.1 Å². The molecular formula is C16H17Cl2NO. The van der Waals surface area contributed by atoms with Crippen LogP contribution < -0.4 is 10.5 Å². The van der Waals surface area contributed by atoms with Gasteiger partial charge < -0.3 is 10.5 Å². The lowest BCUT2D eigenvalue weighted by Gasteiger charge is -2.14. The molecule has 0 fully saturated rings. The van der Waals surface area contributed by atoms with Crippen LogP contribution in [0.3, 0.4) is 0 Å². The highest BCUT2D eigenvalue weighted by molar-refractivity contribution is 6.42. The molecule has 106 valence electrons. The second-order valence-electron chi connectivity index (χ2n) is 4.73. The van der Waals surface area contributed by atoms with E-state index >= 15 is 0 Å². The molecule has 2 aromatic carbocycles. The van der Waals surface area contributed by atoms with Crippen LogP contribution in [0.5, 0.6) is 5.75 Å². The second kappa shape index (κ2) is 6.98. The third kappa shape index (κ3) is 3.89. The Morgan fingerprint density at radius 1 is 1.10 bits per heavy atom. The van der Waals surface area contributed by atoms with Gasteiger partial charge in [-0.1, -0.05) is 47.5 Å². The third-order valence-corrected chi connectivity index (χ3v) is 4.00. The first-order valence-corrected chi connectivity index (χ1v) is 7.17. The van der Waals surface area contributed by atoms with Gasteiger partial charge in [-0.2, -0.15) is 0 Å². The molecule has 2 nitrogen and oxygen atoms in total. The molecule has 1 atom stereocenters. The third-order valence-electron chi connectivity index (χ3n) is 3.15. The topological polar surface area (TPSA) is 35.2 Å². The number of benzene rings is 2. The number of rotatable bonds is 5. The van der Waals surface area contributed by atoms with Gasteiger partial charge in [0, 0.05) is 6.04 Å². The second-order valence-corrected chi connectivity index (χ2v) is 5.52. The van der Waals surface area contributed by atoms with Crippen molar-refractivity contribution in [2.45, 2.75) is 18.9 Å². The van der Waals surface area contributed by atoms with Crippen molar-refractivity contribution in [3.05, 3.63) is 63.6 Å². The van der Waals surface area contributed by atoms with E-state index in [1.807, 2.05) is 36.4 Å². The number of halogens is 2. The van der Waals surface area contributed by atoms with Crippen LogP contribution in [0.15, 0.2) is 42.5 Å². The molecule has 0 heterocycles. The van der Waals surface area contributed by atoms with Crippen LogP contribution in [0.4, 0.5) is 0 Å². The van der Waals surface area contributed by atoms with Crippen LogP contribution in [0.2, 0.25) is 10.0 Å². The zero-order valence-electron chi connectivity index (χ0n) is 11.3. The number of ether oxygens (including phenoxy) is 1. The van der Waals surface area contributed by atoms with E-state index in [0.717, 1.165) is 23.3 Å². The fourth-order valence-corrected chi connectivity index (χ4v) is 2.56. The largest absolute Gasteiger partial charge is 0.497 e. The van der Waals surface area contributed by atoms with E-state index in [4.69, 9.17) is 33.7 Å². The molecule has 0 spiro atoms. The molecule has 0 amide bonds. The van der Waals surface area contributed by atoms with Gasteiger partial charge in [-0.3, -0.25) is 0 Å². The number of hydrogen-bond acceptors (Lipinski definition) is 2. The first-order valence-electron chi connectivity index (χ1n) is 6.41. The first kappa shape index (κ1) is 15.2. The highest BCUT2D eigenvalue weighted by Gasteiger charge is 2.10. The number of methoxy groups -OCH3 is 1. The minimum absolute atomic E-state index is 0.0157. The van der Waals surface area contributed by atoms with Crippen molar-refractivity contribution in [3.63, 3.8) is 0 Å². The number of hydrogen-bond donors (Lipinski definition) is 1. The fraction of sp³-hybridized carbons (Fsp3) is 0.250. The summed E-state index contributed by atoms with van der Waals surface area (Å²) in [5, 5.41) is 1.16. The predicted molar refractivity (Wildman–Crippen MR) is 84.8 cm³/mol. The Balaban J connectivity index is 2.05. The van der Waals surface area contributed by atoms with E-state index in [-0.39, 0.29) is 6.04 Å². The van der Waals surface area contributed by atoms with E-state index in [0.29, 0.717) is 16.5 Å². The van der Waals surface area contributed by atoms with E-state index in [9.17, 15) is 0 Å². The molecular weight excluding hydrogens is 293 g/mol. The lowest BCUT2D eigenvalue weighted by molar-refractivity contribution is 0.414.